The minimum Gasteiger partial charge on any atom is -0.355 e. The maximum absolute atomic E-state index is 3.93. The lowest BCUT2D eigenvalue weighted by molar-refractivity contribution is -0.413. The molecule has 0 amide bonds. The summed E-state index contributed by atoms with van der Waals surface area (Å²) >= 11 is 0. The van der Waals surface area contributed by atoms with E-state index in [9.17, 15) is 0 Å². The second-order valence-electron chi connectivity index (χ2n) is 2.79. The van der Waals surface area contributed by atoms with Crippen molar-refractivity contribution < 1.29 is 5.73 Å². The zero-order valence-corrected chi connectivity index (χ0v) is 6.38. The topological polar surface area (TPSA) is 27.6 Å². The van der Waals surface area contributed by atoms with Crippen LogP contribution in [0.1, 0.15) is 12.5 Å². The minimum atomic E-state index is 0.516. The van der Waals surface area contributed by atoms with Gasteiger partial charge in [-0.15, -0.1) is 0 Å². The van der Waals surface area contributed by atoms with Gasteiger partial charge in [-0.1, -0.05) is 30.3 Å². The van der Waals surface area contributed by atoms with Crippen LogP contribution in [-0.4, -0.2) is 6.04 Å². The first-order chi connectivity index (χ1) is 4.79. The first-order valence-corrected chi connectivity index (χ1v) is 3.66. The summed E-state index contributed by atoms with van der Waals surface area (Å²) in [6, 6.07) is 11.0. The van der Waals surface area contributed by atoms with Gasteiger partial charge < -0.3 is 5.73 Å². The van der Waals surface area contributed by atoms with Gasteiger partial charge in [0.2, 0.25) is 0 Å². The number of quaternary nitrogens is 1. The Balaban J connectivity index is 2.59. The molecule has 1 aromatic carbocycles. The van der Waals surface area contributed by atoms with E-state index in [0.29, 0.717) is 6.04 Å². The highest BCUT2D eigenvalue weighted by atomic mass is 14.6. The molecule has 54 valence electrons. The van der Waals surface area contributed by atoms with Gasteiger partial charge in [0.25, 0.3) is 0 Å². The summed E-state index contributed by atoms with van der Waals surface area (Å²) in [5.41, 5.74) is 5.31. The summed E-state index contributed by atoms with van der Waals surface area (Å²) in [5, 5.41) is 0. The molecule has 10 heavy (non-hydrogen) atoms. The summed E-state index contributed by atoms with van der Waals surface area (Å²) in [6.45, 7) is 2.13. The molecule has 0 unspecified atom stereocenters. The Bertz CT molecular complexity index is 179. The first-order valence-electron chi connectivity index (χ1n) is 3.66. The van der Waals surface area contributed by atoms with Crippen molar-refractivity contribution in [3.05, 3.63) is 35.9 Å². The average Bonchev–Trinajstić information content (AvgIpc) is 1.88. The summed E-state index contributed by atoms with van der Waals surface area (Å²) in [4.78, 5) is 0. The van der Waals surface area contributed by atoms with Crippen LogP contribution in [0.4, 0.5) is 0 Å². The van der Waals surface area contributed by atoms with Gasteiger partial charge in [0, 0.05) is 6.42 Å². The van der Waals surface area contributed by atoms with Crippen molar-refractivity contribution in [1.29, 1.82) is 0 Å². The molecular formula is C9H14N+. The number of benzene rings is 1. The quantitative estimate of drug-likeness (QED) is 0.624. The van der Waals surface area contributed by atoms with Crippen LogP contribution in [0.5, 0.6) is 0 Å². The largest absolute Gasteiger partial charge is 0.355 e. The second kappa shape index (κ2) is 3.37. The van der Waals surface area contributed by atoms with Gasteiger partial charge in [-0.05, 0) is 12.5 Å². The Morgan fingerprint density at radius 2 is 1.90 bits per heavy atom. The third-order valence-corrected chi connectivity index (χ3v) is 1.43. The molecule has 0 aliphatic rings. The fourth-order valence-corrected chi connectivity index (χ4v) is 1.02. The molecule has 0 heterocycles. The van der Waals surface area contributed by atoms with Crippen LogP contribution in [0.15, 0.2) is 30.3 Å². The SMILES string of the molecule is C[C@@H]([NH3+])Cc1ccccc1. The normalized spacial score (nSPS) is 13.0. The lowest BCUT2D eigenvalue weighted by atomic mass is 10.1. The van der Waals surface area contributed by atoms with Gasteiger partial charge in [-0.3, -0.25) is 0 Å². The number of rotatable bonds is 2. The van der Waals surface area contributed by atoms with Gasteiger partial charge >= 0.3 is 0 Å². The molecule has 0 spiro atoms. The van der Waals surface area contributed by atoms with E-state index in [-0.39, 0.29) is 0 Å². The molecule has 0 fully saturated rings. The van der Waals surface area contributed by atoms with E-state index < -0.39 is 0 Å². The van der Waals surface area contributed by atoms with E-state index in [4.69, 9.17) is 0 Å². The first kappa shape index (κ1) is 7.29. The Labute approximate surface area is 61.9 Å². The maximum atomic E-state index is 3.93. The molecule has 1 heteroatoms. The van der Waals surface area contributed by atoms with Crippen LogP contribution in [0, 0.1) is 0 Å². The van der Waals surface area contributed by atoms with Gasteiger partial charge in [0.1, 0.15) is 0 Å². The third kappa shape index (κ3) is 2.19. The molecule has 0 radical (unpaired) electrons. The highest BCUT2D eigenvalue weighted by Gasteiger charge is 1.97. The summed E-state index contributed by atoms with van der Waals surface area (Å²) < 4.78 is 0. The monoisotopic (exact) mass is 136 g/mol. The highest BCUT2D eigenvalue weighted by Crippen LogP contribution is 1.99. The van der Waals surface area contributed by atoms with Crippen LogP contribution >= 0.6 is 0 Å². The Hall–Kier alpha value is -0.820. The molecular weight excluding hydrogens is 122 g/mol. The van der Waals surface area contributed by atoms with E-state index in [1.807, 2.05) is 6.07 Å². The molecule has 1 atom stereocenters. The molecule has 3 N–H and O–H groups in total. The van der Waals surface area contributed by atoms with Crippen LogP contribution in [0.2, 0.25) is 0 Å². The summed E-state index contributed by atoms with van der Waals surface area (Å²) in [5.74, 6) is 0. The fourth-order valence-electron chi connectivity index (χ4n) is 1.02. The van der Waals surface area contributed by atoms with Crippen LogP contribution < -0.4 is 5.73 Å². The Kier molecular flexibility index (Phi) is 2.46. The van der Waals surface area contributed by atoms with E-state index in [1.165, 1.54) is 5.56 Å². The van der Waals surface area contributed by atoms with Gasteiger partial charge in [-0.25, -0.2) is 0 Å². The minimum absolute atomic E-state index is 0.516. The van der Waals surface area contributed by atoms with Crippen molar-refractivity contribution in [3.63, 3.8) is 0 Å². The molecule has 0 aliphatic carbocycles. The van der Waals surface area contributed by atoms with E-state index in [0.717, 1.165) is 6.42 Å². The molecule has 1 nitrogen and oxygen atoms in total. The van der Waals surface area contributed by atoms with Crippen molar-refractivity contribution in [3.8, 4) is 0 Å². The molecule has 0 saturated heterocycles. The summed E-state index contributed by atoms with van der Waals surface area (Å²) in [6.07, 6.45) is 1.08. The predicted molar refractivity (Wildman–Crippen MR) is 42.5 cm³/mol. The van der Waals surface area contributed by atoms with Crippen molar-refractivity contribution >= 4 is 0 Å². The Morgan fingerprint density at radius 1 is 1.30 bits per heavy atom. The predicted octanol–water partition coefficient (Wildman–Crippen LogP) is 0.859. The Morgan fingerprint density at radius 3 is 2.40 bits per heavy atom. The lowest BCUT2D eigenvalue weighted by Crippen LogP contribution is -2.60. The third-order valence-electron chi connectivity index (χ3n) is 1.43. The standard InChI is InChI=1S/C9H13N/c1-8(10)7-9-5-3-2-4-6-9/h2-6,8H,7,10H2,1H3/p+1/t8-/m1/s1. The lowest BCUT2D eigenvalue weighted by Gasteiger charge is -2.00. The molecule has 0 aromatic heterocycles. The van der Waals surface area contributed by atoms with Crippen molar-refractivity contribution in [2.75, 3.05) is 0 Å². The van der Waals surface area contributed by atoms with Crippen LogP contribution in [0.25, 0.3) is 0 Å². The van der Waals surface area contributed by atoms with Gasteiger partial charge in [-0.2, -0.15) is 0 Å². The number of hydrogen-bond donors (Lipinski definition) is 1. The van der Waals surface area contributed by atoms with E-state index in [2.05, 4.69) is 36.9 Å². The van der Waals surface area contributed by atoms with Gasteiger partial charge in [0.05, 0.1) is 6.04 Å². The fraction of sp³-hybridized carbons (Fsp3) is 0.333. The molecule has 0 saturated carbocycles. The zero-order valence-electron chi connectivity index (χ0n) is 6.38. The van der Waals surface area contributed by atoms with Crippen molar-refractivity contribution in [2.24, 2.45) is 0 Å². The average molecular weight is 136 g/mol. The smallest absolute Gasteiger partial charge is 0.0855 e. The van der Waals surface area contributed by atoms with Crippen LogP contribution in [-0.2, 0) is 6.42 Å². The zero-order chi connectivity index (χ0) is 7.40. The van der Waals surface area contributed by atoms with E-state index in [1.54, 1.807) is 0 Å². The van der Waals surface area contributed by atoms with E-state index >= 15 is 0 Å². The van der Waals surface area contributed by atoms with Gasteiger partial charge in [0.15, 0.2) is 0 Å². The molecule has 1 aromatic rings. The molecule has 0 bridgehead atoms. The van der Waals surface area contributed by atoms with Crippen LogP contribution in [0.3, 0.4) is 0 Å². The highest BCUT2D eigenvalue weighted by molar-refractivity contribution is 5.14. The second-order valence-corrected chi connectivity index (χ2v) is 2.79. The molecule has 0 aliphatic heterocycles. The maximum Gasteiger partial charge on any atom is 0.0855 e. The van der Waals surface area contributed by atoms with Crippen molar-refractivity contribution in [2.45, 2.75) is 19.4 Å². The number of hydrogen-bond acceptors (Lipinski definition) is 0. The van der Waals surface area contributed by atoms with Crippen molar-refractivity contribution in [1.82, 2.24) is 0 Å². The summed E-state index contributed by atoms with van der Waals surface area (Å²) in [7, 11) is 0. The molecule has 1 rings (SSSR count).